The average molecular weight is 315 g/mol. The minimum Gasteiger partial charge on any atom is -0.338 e. The molecule has 3 rings (SSSR count). The van der Waals surface area contributed by atoms with Crippen LogP contribution in [0.25, 0.3) is 0 Å². The van der Waals surface area contributed by atoms with E-state index in [9.17, 15) is 4.79 Å². The molecule has 0 radical (unpaired) electrons. The van der Waals surface area contributed by atoms with E-state index in [-0.39, 0.29) is 11.9 Å². The molecule has 0 unspecified atom stereocenters. The van der Waals surface area contributed by atoms with Crippen LogP contribution >= 0.6 is 0 Å². The summed E-state index contributed by atoms with van der Waals surface area (Å²) < 4.78 is 5.30. The molecule has 0 spiro atoms. The first-order chi connectivity index (χ1) is 11.1. The molecule has 1 atom stereocenters. The Morgan fingerprint density at radius 3 is 2.96 bits per heavy atom. The Balaban J connectivity index is 1.82. The maximum Gasteiger partial charge on any atom is 0.272 e. The lowest BCUT2D eigenvalue weighted by Gasteiger charge is -2.37. The van der Waals surface area contributed by atoms with Crippen molar-refractivity contribution in [3.8, 4) is 0 Å². The van der Waals surface area contributed by atoms with E-state index < -0.39 is 0 Å². The summed E-state index contributed by atoms with van der Waals surface area (Å²) in [6, 6.07) is 3.74. The highest BCUT2D eigenvalue weighted by atomic mass is 16.5. The Morgan fingerprint density at radius 2 is 2.26 bits per heavy atom. The summed E-state index contributed by atoms with van der Waals surface area (Å²) in [4.78, 5) is 25.4. The molecule has 1 fully saturated rings. The maximum absolute atomic E-state index is 12.8. The molecule has 1 aliphatic heterocycles. The summed E-state index contributed by atoms with van der Waals surface area (Å²) in [5, 5.41) is 3.85. The summed E-state index contributed by atoms with van der Waals surface area (Å²) in [5.74, 6) is 1.13. The molecule has 7 heteroatoms. The number of carbonyl (C=O) groups is 1. The number of hydrogen-bond donors (Lipinski definition) is 0. The van der Waals surface area contributed by atoms with Crippen LogP contribution in [0.1, 0.15) is 40.7 Å². The number of nitrogens with zero attached hydrogens (tertiary/aromatic N) is 5. The van der Waals surface area contributed by atoms with Gasteiger partial charge in [-0.1, -0.05) is 18.1 Å². The van der Waals surface area contributed by atoms with Gasteiger partial charge in [0.1, 0.15) is 11.7 Å². The highest BCUT2D eigenvalue weighted by molar-refractivity contribution is 5.93. The van der Waals surface area contributed by atoms with Crippen LogP contribution in [0.4, 0.5) is 0 Å². The number of amides is 1. The van der Waals surface area contributed by atoms with E-state index in [2.05, 4.69) is 20.0 Å². The Hall–Kier alpha value is -2.28. The second-order valence-electron chi connectivity index (χ2n) is 5.79. The molecule has 122 valence electrons. The SMILES string of the molecule is CCc1cccnc1C(=O)N1CCN(C)[C@@H](c2nc(C)no2)C1. The lowest BCUT2D eigenvalue weighted by atomic mass is 10.1. The molecule has 0 aliphatic carbocycles. The van der Waals surface area contributed by atoms with Crippen LogP contribution in [-0.2, 0) is 6.42 Å². The van der Waals surface area contributed by atoms with Crippen molar-refractivity contribution in [2.75, 3.05) is 26.7 Å². The molecule has 0 N–H and O–H groups in total. The van der Waals surface area contributed by atoms with Gasteiger partial charge >= 0.3 is 0 Å². The van der Waals surface area contributed by atoms with Gasteiger partial charge in [0.25, 0.3) is 5.91 Å². The van der Waals surface area contributed by atoms with Crippen LogP contribution in [-0.4, -0.2) is 57.5 Å². The van der Waals surface area contributed by atoms with Gasteiger partial charge in [-0.25, -0.2) is 0 Å². The predicted molar refractivity (Wildman–Crippen MR) is 83.9 cm³/mol. The van der Waals surface area contributed by atoms with Crippen molar-refractivity contribution in [2.24, 2.45) is 0 Å². The molecule has 7 nitrogen and oxygen atoms in total. The zero-order valence-corrected chi connectivity index (χ0v) is 13.7. The van der Waals surface area contributed by atoms with Crippen molar-refractivity contribution in [1.29, 1.82) is 0 Å². The van der Waals surface area contributed by atoms with Crippen LogP contribution in [0.5, 0.6) is 0 Å². The summed E-state index contributed by atoms with van der Waals surface area (Å²) in [6.07, 6.45) is 2.45. The van der Waals surface area contributed by atoms with Gasteiger partial charge in [0, 0.05) is 25.8 Å². The second-order valence-corrected chi connectivity index (χ2v) is 5.79. The van der Waals surface area contributed by atoms with Crippen LogP contribution < -0.4 is 0 Å². The topological polar surface area (TPSA) is 75.4 Å². The van der Waals surface area contributed by atoms with Gasteiger partial charge in [-0.3, -0.25) is 14.7 Å². The van der Waals surface area contributed by atoms with Crippen LogP contribution in [0, 0.1) is 6.92 Å². The van der Waals surface area contributed by atoms with E-state index in [1.165, 1.54) is 0 Å². The smallest absolute Gasteiger partial charge is 0.272 e. The second kappa shape index (κ2) is 6.45. The van der Waals surface area contributed by atoms with Crippen molar-refractivity contribution < 1.29 is 9.32 Å². The number of piperazine rings is 1. The predicted octanol–water partition coefficient (Wildman–Crippen LogP) is 1.46. The zero-order chi connectivity index (χ0) is 16.4. The Bertz CT molecular complexity index is 699. The third-order valence-electron chi connectivity index (χ3n) is 4.24. The number of hydrogen-bond acceptors (Lipinski definition) is 6. The zero-order valence-electron chi connectivity index (χ0n) is 13.7. The largest absolute Gasteiger partial charge is 0.338 e. The number of aromatic nitrogens is 3. The first-order valence-electron chi connectivity index (χ1n) is 7.83. The van der Waals surface area contributed by atoms with Crippen LogP contribution in [0.2, 0.25) is 0 Å². The first kappa shape index (κ1) is 15.6. The summed E-state index contributed by atoms with van der Waals surface area (Å²) in [7, 11) is 2.00. The number of aryl methyl sites for hydroxylation is 2. The normalized spacial score (nSPS) is 19.1. The monoisotopic (exact) mass is 315 g/mol. The highest BCUT2D eigenvalue weighted by Gasteiger charge is 2.33. The molecule has 0 aromatic carbocycles. The standard InChI is InChI=1S/C16H21N5O2/c1-4-12-6-5-7-17-14(12)16(22)21-9-8-20(3)13(10-21)15-18-11(2)19-23-15/h5-7,13H,4,8-10H2,1-3H3/t13-/m1/s1. The van der Waals surface area contributed by atoms with Gasteiger partial charge in [0.2, 0.25) is 5.89 Å². The molecular formula is C16H21N5O2. The van der Waals surface area contributed by atoms with Gasteiger partial charge in [0.15, 0.2) is 5.82 Å². The molecule has 3 heterocycles. The molecule has 0 saturated carbocycles. The van der Waals surface area contributed by atoms with Crippen molar-refractivity contribution >= 4 is 5.91 Å². The van der Waals surface area contributed by atoms with Gasteiger partial charge in [-0.05, 0) is 32.0 Å². The van der Waals surface area contributed by atoms with E-state index in [0.29, 0.717) is 30.5 Å². The number of pyridine rings is 1. The summed E-state index contributed by atoms with van der Waals surface area (Å²) >= 11 is 0. The van der Waals surface area contributed by atoms with E-state index in [4.69, 9.17) is 4.52 Å². The summed E-state index contributed by atoms with van der Waals surface area (Å²) in [5.41, 5.74) is 1.52. The third-order valence-corrected chi connectivity index (χ3v) is 4.24. The van der Waals surface area contributed by atoms with Gasteiger partial charge in [-0.2, -0.15) is 4.98 Å². The fourth-order valence-electron chi connectivity index (χ4n) is 2.84. The van der Waals surface area contributed by atoms with Gasteiger partial charge in [-0.15, -0.1) is 0 Å². The van der Waals surface area contributed by atoms with Crippen LogP contribution in [0.3, 0.4) is 0 Å². The first-order valence-corrected chi connectivity index (χ1v) is 7.83. The van der Waals surface area contributed by atoms with Crippen molar-refractivity contribution in [1.82, 2.24) is 24.9 Å². The van der Waals surface area contributed by atoms with Crippen molar-refractivity contribution in [3.63, 3.8) is 0 Å². The Morgan fingerprint density at radius 1 is 1.43 bits per heavy atom. The van der Waals surface area contributed by atoms with E-state index >= 15 is 0 Å². The molecule has 1 saturated heterocycles. The molecule has 1 aliphatic rings. The average Bonchev–Trinajstić information content (AvgIpc) is 3.01. The highest BCUT2D eigenvalue weighted by Crippen LogP contribution is 2.24. The molecule has 2 aromatic heterocycles. The molecule has 1 amide bonds. The fraction of sp³-hybridized carbons (Fsp3) is 0.500. The fourth-order valence-corrected chi connectivity index (χ4v) is 2.84. The minimum absolute atomic E-state index is 0.0308. The van der Waals surface area contributed by atoms with E-state index in [0.717, 1.165) is 18.5 Å². The lowest BCUT2D eigenvalue weighted by molar-refractivity contribution is 0.0483. The quantitative estimate of drug-likeness (QED) is 0.853. The number of rotatable bonds is 3. The minimum atomic E-state index is -0.0808. The van der Waals surface area contributed by atoms with Crippen molar-refractivity contribution in [3.05, 3.63) is 41.3 Å². The van der Waals surface area contributed by atoms with Crippen molar-refractivity contribution in [2.45, 2.75) is 26.3 Å². The summed E-state index contributed by atoms with van der Waals surface area (Å²) in [6.45, 7) is 5.77. The third kappa shape index (κ3) is 3.10. The molecule has 0 bridgehead atoms. The lowest BCUT2D eigenvalue weighted by Crippen LogP contribution is -2.49. The number of carbonyl (C=O) groups excluding carboxylic acids is 1. The Kier molecular flexibility index (Phi) is 4.38. The number of likely N-dealkylation sites (N-methyl/N-ethyl adjacent to an activating group) is 1. The van der Waals surface area contributed by atoms with Gasteiger partial charge < -0.3 is 9.42 Å². The van der Waals surface area contributed by atoms with E-state index in [1.54, 1.807) is 13.1 Å². The van der Waals surface area contributed by atoms with Gasteiger partial charge in [0.05, 0.1) is 0 Å². The Labute approximate surface area is 135 Å². The van der Waals surface area contributed by atoms with E-state index in [1.807, 2.05) is 31.0 Å². The van der Waals surface area contributed by atoms with Crippen LogP contribution in [0.15, 0.2) is 22.9 Å². The molecule has 23 heavy (non-hydrogen) atoms. The maximum atomic E-state index is 12.8. The molecular weight excluding hydrogens is 294 g/mol. The molecule has 2 aromatic rings.